The van der Waals surface area contributed by atoms with E-state index in [2.05, 4.69) is 34.6 Å². The lowest BCUT2D eigenvalue weighted by Crippen LogP contribution is -2.41. The van der Waals surface area contributed by atoms with E-state index in [1.54, 1.807) is 0 Å². The molecule has 0 heterocycles. The van der Waals surface area contributed by atoms with Crippen LogP contribution in [-0.2, 0) is 9.53 Å². The normalized spacial score (nSPS) is 14.9. The number of carbonyl (C=O) groups is 1. The van der Waals surface area contributed by atoms with E-state index in [9.17, 15) is 4.79 Å². The maximum Gasteiger partial charge on any atom is 0.177 e. The minimum Gasteiger partial charge on any atom is -0.368 e. The second-order valence-corrected chi connectivity index (χ2v) is 10.2. The molecule has 0 aromatic carbocycles. The van der Waals surface area contributed by atoms with Gasteiger partial charge in [0.2, 0.25) is 0 Å². The van der Waals surface area contributed by atoms with Crippen molar-refractivity contribution in [2.75, 3.05) is 13.2 Å². The molecular weight excluding hydrogens is 346 g/mol. The fourth-order valence-electron chi connectivity index (χ4n) is 4.05. The van der Waals surface area contributed by atoms with Crippen LogP contribution in [0, 0.1) is 10.8 Å². The van der Waals surface area contributed by atoms with Crippen molar-refractivity contribution >= 4 is 5.78 Å². The molecule has 0 aromatic heterocycles. The lowest BCUT2D eigenvalue weighted by Gasteiger charge is -2.46. The third kappa shape index (κ3) is 9.87. The molecule has 0 aliphatic rings. The Hall–Kier alpha value is -0.410. The van der Waals surface area contributed by atoms with E-state index in [1.807, 2.05) is 13.8 Å². The monoisotopic (exact) mass is 397 g/mol. The van der Waals surface area contributed by atoms with Crippen molar-refractivity contribution in [3.8, 4) is 0 Å². The number of unbranched alkanes of at least 4 members (excludes halogenated alkanes) is 7. The van der Waals surface area contributed by atoms with E-state index in [1.165, 1.54) is 70.6 Å². The van der Waals surface area contributed by atoms with Crippen LogP contribution in [0.5, 0.6) is 0 Å². The number of rotatable bonds is 18. The zero-order chi connectivity index (χ0) is 21.7. The summed E-state index contributed by atoms with van der Waals surface area (Å²) in [6, 6.07) is 0. The molecule has 0 rings (SSSR count). The summed E-state index contributed by atoms with van der Waals surface area (Å²) in [6.07, 6.45) is 15.5. The lowest BCUT2D eigenvalue weighted by atomic mass is 9.60. The largest absolute Gasteiger partial charge is 0.368 e. The highest BCUT2D eigenvalue weighted by Crippen LogP contribution is 2.49. The Morgan fingerprint density at radius 1 is 0.750 bits per heavy atom. The number of ether oxygens (including phenoxy) is 1. The van der Waals surface area contributed by atoms with E-state index < -0.39 is 5.60 Å². The van der Waals surface area contributed by atoms with Crippen molar-refractivity contribution in [2.45, 2.75) is 131 Å². The first-order valence-electron chi connectivity index (χ1n) is 11.9. The molecular formula is C25H51NO2. The molecule has 1 atom stereocenters. The zero-order valence-electron chi connectivity index (χ0n) is 20.3. The Balaban J connectivity index is 4.86. The molecule has 0 spiro atoms. The molecule has 168 valence electrons. The van der Waals surface area contributed by atoms with Gasteiger partial charge in [0.25, 0.3) is 0 Å². The molecule has 3 heteroatoms. The molecule has 0 radical (unpaired) electrons. The Kier molecular flexibility index (Phi) is 13.5. The van der Waals surface area contributed by atoms with Gasteiger partial charge in [0.15, 0.2) is 5.78 Å². The number of hydrogen-bond acceptors (Lipinski definition) is 3. The fourth-order valence-corrected chi connectivity index (χ4v) is 4.05. The fraction of sp³-hybridized carbons (Fsp3) is 0.960. The maximum atomic E-state index is 12.0. The van der Waals surface area contributed by atoms with Crippen molar-refractivity contribution in [3.63, 3.8) is 0 Å². The Bertz CT molecular complexity index is 417. The van der Waals surface area contributed by atoms with E-state index in [0.29, 0.717) is 12.0 Å². The van der Waals surface area contributed by atoms with Crippen LogP contribution in [0.4, 0.5) is 0 Å². The molecule has 0 aliphatic heterocycles. The summed E-state index contributed by atoms with van der Waals surface area (Å²) in [5.74, 6) is -0.0245. The van der Waals surface area contributed by atoms with Crippen molar-refractivity contribution < 1.29 is 9.53 Å². The highest BCUT2D eigenvalue weighted by molar-refractivity contribution is 5.88. The van der Waals surface area contributed by atoms with Crippen molar-refractivity contribution in [2.24, 2.45) is 16.6 Å². The van der Waals surface area contributed by atoms with Crippen LogP contribution in [0.2, 0.25) is 0 Å². The van der Waals surface area contributed by atoms with Crippen molar-refractivity contribution in [3.05, 3.63) is 0 Å². The molecule has 1 unspecified atom stereocenters. The van der Waals surface area contributed by atoms with Gasteiger partial charge in [-0.3, -0.25) is 4.79 Å². The molecule has 0 aromatic rings. The third-order valence-electron chi connectivity index (χ3n) is 7.09. The van der Waals surface area contributed by atoms with Crippen LogP contribution < -0.4 is 5.73 Å². The second kappa shape index (κ2) is 13.7. The lowest BCUT2D eigenvalue weighted by molar-refractivity contribution is -0.140. The van der Waals surface area contributed by atoms with Gasteiger partial charge in [0.05, 0.1) is 6.54 Å². The van der Waals surface area contributed by atoms with Gasteiger partial charge in [-0.2, -0.15) is 0 Å². The number of carbonyl (C=O) groups excluding carboxylic acids is 1. The summed E-state index contributed by atoms with van der Waals surface area (Å²) in [6.45, 7) is 16.2. The average Bonchev–Trinajstić information content (AvgIpc) is 2.63. The van der Waals surface area contributed by atoms with Crippen LogP contribution in [0.1, 0.15) is 126 Å². The van der Waals surface area contributed by atoms with Crippen LogP contribution in [0.15, 0.2) is 0 Å². The summed E-state index contributed by atoms with van der Waals surface area (Å²) in [5.41, 5.74) is 5.25. The van der Waals surface area contributed by atoms with E-state index in [-0.39, 0.29) is 17.7 Å². The van der Waals surface area contributed by atoms with Gasteiger partial charge in [-0.1, -0.05) is 92.4 Å². The second-order valence-electron chi connectivity index (χ2n) is 10.2. The zero-order valence-corrected chi connectivity index (χ0v) is 20.3. The minimum absolute atomic E-state index is 0.0245. The summed E-state index contributed by atoms with van der Waals surface area (Å²) < 4.78 is 5.98. The molecule has 2 N–H and O–H groups in total. The molecule has 0 bridgehead atoms. The highest BCUT2D eigenvalue weighted by Gasteiger charge is 2.40. The van der Waals surface area contributed by atoms with Crippen molar-refractivity contribution in [1.82, 2.24) is 0 Å². The Labute approximate surface area is 176 Å². The van der Waals surface area contributed by atoms with Crippen LogP contribution in [0.25, 0.3) is 0 Å². The first-order chi connectivity index (χ1) is 13.1. The average molecular weight is 398 g/mol. The summed E-state index contributed by atoms with van der Waals surface area (Å²) in [7, 11) is 0. The van der Waals surface area contributed by atoms with Gasteiger partial charge in [-0.05, 0) is 43.9 Å². The van der Waals surface area contributed by atoms with Gasteiger partial charge in [0, 0.05) is 6.61 Å². The number of nitrogens with two attached hydrogens (primary N) is 1. The van der Waals surface area contributed by atoms with Gasteiger partial charge in [-0.25, -0.2) is 0 Å². The molecule has 0 saturated heterocycles. The standard InChI is InChI=1S/C25H51NO2/c1-8-10-12-14-16-18-25(7,17-15-13-11-9-2)23(3,4)19-20-28-24(5,6)22(27)21-26/h8-21,26H2,1-7H3. The molecule has 0 aliphatic carbocycles. The summed E-state index contributed by atoms with van der Waals surface area (Å²) >= 11 is 0. The predicted octanol–water partition coefficient (Wildman–Crippen LogP) is 7.06. The number of Topliss-reactive ketones (excluding diaryl/α,β-unsaturated/α-hetero) is 1. The molecule has 0 fully saturated rings. The number of hydrogen-bond donors (Lipinski definition) is 1. The first kappa shape index (κ1) is 27.6. The molecule has 3 nitrogen and oxygen atoms in total. The van der Waals surface area contributed by atoms with E-state index >= 15 is 0 Å². The van der Waals surface area contributed by atoms with E-state index in [0.717, 1.165) is 6.42 Å². The summed E-state index contributed by atoms with van der Waals surface area (Å²) in [4.78, 5) is 12.0. The minimum atomic E-state index is -0.775. The van der Waals surface area contributed by atoms with Gasteiger partial charge in [0.1, 0.15) is 5.60 Å². The first-order valence-corrected chi connectivity index (χ1v) is 11.9. The topological polar surface area (TPSA) is 52.3 Å². The third-order valence-corrected chi connectivity index (χ3v) is 7.09. The molecule has 0 saturated carbocycles. The molecule has 28 heavy (non-hydrogen) atoms. The van der Waals surface area contributed by atoms with Crippen LogP contribution in [-0.4, -0.2) is 24.5 Å². The maximum absolute atomic E-state index is 12.0. The highest BCUT2D eigenvalue weighted by atomic mass is 16.5. The van der Waals surface area contributed by atoms with E-state index in [4.69, 9.17) is 10.5 Å². The quantitative estimate of drug-likeness (QED) is 0.252. The smallest absolute Gasteiger partial charge is 0.177 e. The Morgan fingerprint density at radius 3 is 1.68 bits per heavy atom. The van der Waals surface area contributed by atoms with Crippen LogP contribution >= 0.6 is 0 Å². The van der Waals surface area contributed by atoms with Crippen molar-refractivity contribution in [1.29, 1.82) is 0 Å². The van der Waals surface area contributed by atoms with Gasteiger partial charge in [-0.15, -0.1) is 0 Å². The van der Waals surface area contributed by atoms with Gasteiger partial charge >= 0.3 is 0 Å². The predicted molar refractivity (Wildman–Crippen MR) is 123 cm³/mol. The number of ketones is 1. The van der Waals surface area contributed by atoms with Gasteiger partial charge < -0.3 is 10.5 Å². The molecule has 0 amide bonds. The Morgan fingerprint density at radius 2 is 1.21 bits per heavy atom. The SMILES string of the molecule is CCCCCCCC(C)(CCCCCC)C(C)(C)CCOC(C)(C)C(=O)CN. The summed E-state index contributed by atoms with van der Waals surface area (Å²) in [5, 5.41) is 0. The van der Waals surface area contributed by atoms with Crippen LogP contribution in [0.3, 0.4) is 0 Å².